The van der Waals surface area contributed by atoms with Gasteiger partial charge in [0.25, 0.3) is 0 Å². The standard InChI is InChI=1S/C9H14N2/c1-8-10-6-5-7-11(8)9(2,3)4/h5-7H,1H2,2-4H3. The van der Waals surface area contributed by atoms with Gasteiger partial charge in [0.05, 0.1) is 0 Å². The molecule has 0 radical (unpaired) electrons. The maximum absolute atomic E-state index is 4.10. The van der Waals surface area contributed by atoms with E-state index < -0.39 is 0 Å². The van der Waals surface area contributed by atoms with Gasteiger partial charge in [-0.25, -0.2) is 4.99 Å². The van der Waals surface area contributed by atoms with Crippen molar-refractivity contribution in [2.24, 2.45) is 4.99 Å². The monoisotopic (exact) mass is 150 g/mol. The molecule has 0 atom stereocenters. The molecule has 0 bridgehead atoms. The van der Waals surface area contributed by atoms with Crippen molar-refractivity contribution in [1.82, 2.24) is 4.90 Å². The second kappa shape index (κ2) is 2.53. The summed E-state index contributed by atoms with van der Waals surface area (Å²) in [5.74, 6) is 0.806. The summed E-state index contributed by atoms with van der Waals surface area (Å²) in [5, 5.41) is 0. The lowest BCUT2D eigenvalue weighted by atomic mass is 10.1. The molecule has 1 aliphatic rings. The van der Waals surface area contributed by atoms with Crippen molar-refractivity contribution in [3.8, 4) is 0 Å². The van der Waals surface area contributed by atoms with Crippen LogP contribution in [0, 0.1) is 0 Å². The SMILES string of the molecule is C=C1N=CC=CN1C(C)(C)C. The Bertz CT molecular complexity index is 218. The second-order valence-corrected chi connectivity index (χ2v) is 3.58. The van der Waals surface area contributed by atoms with Gasteiger partial charge in [-0.15, -0.1) is 0 Å². The Morgan fingerprint density at radius 1 is 1.45 bits per heavy atom. The van der Waals surface area contributed by atoms with E-state index >= 15 is 0 Å². The predicted molar refractivity (Wildman–Crippen MR) is 48.4 cm³/mol. The summed E-state index contributed by atoms with van der Waals surface area (Å²) < 4.78 is 0. The maximum Gasteiger partial charge on any atom is 0.125 e. The molecular formula is C9H14N2. The quantitative estimate of drug-likeness (QED) is 0.516. The minimum absolute atomic E-state index is 0.0747. The van der Waals surface area contributed by atoms with E-state index in [0.29, 0.717) is 0 Å². The largest absolute Gasteiger partial charge is 0.328 e. The van der Waals surface area contributed by atoms with E-state index in [0.717, 1.165) is 5.82 Å². The summed E-state index contributed by atoms with van der Waals surface area (Å²) in [6.45, 7) is 10.2. The minimum Gasteiger partial charge on any atom is -0.328 e. The normalized spacial score (nSPS) is 17.7. The molecule has 0 aliphatic carbocycles. The second-order valence-electron chi connectivity index (χ2n) is 3.58. The molecule has 0 aromatic rings. The molecule has 0 aromatic carbocycles. The number of hydrogen-bond donors (Lipinski definition) is 0. The molecule has 1 rings (SSSR count). The number of rotatable bonds is 0. The zero-order valence-corrected chi connectivity index (χ0v) is 7.33. The van der Waals surface area contributed by atoms with Crippen LogP contribution in [0.5, 0.6) is 0 Å². The van der Waals surface area contributed by atoms with Gasteiger partial charge in [0.15, 0.2) is 0 Å². The van der Waals surface area contributed by atoms with Gasteiger partial charge in [-0.3, -0.25) is 0 Å². The summed E-state index contributed by atoms with van der Waals surface area (Å²) >= 11 is 0. The first kappa shape index (κ1) is 8.05. The zero-order chi connectivity index (χ0) is 8.48. The molecule has 0 spiro atoms. The number of hydrogen-bond acceptors (Lipinski definition) is 2. The molecule has 0 unspecified atom stereocenters. The third-order valence-electron chi connectivity index (χ3n) is 1.55. The van der Waals surface area contributed by atoms with E-state index in [1.165, 1.54) is 0 Å². The van der Waals surface area contributed by atoms with Crippen LogP contribution in [-0.4, -0.2) is 16.7 Å². The lowest BCUT2D eigenvalue weighted by Crippen LogP contribution is -2.36. The van der Waals surface area contributed by atoms with Crippen molar-refractivity contribution in [3.05, 3.63) is 24.7 Å². The highest BCUT2D eigenvalue weighted by Gasteiger charge is 2.20. The Morgan fingerprint density at radius 2 is 2.09 bits per heavy atom. The topological polar surface area (TPSA) is 15.6 Å². The fraction of sp³-hybridized carbons (Fsp3) is 0.444. The molecule has 0 saturated heterocycles. The fourth-order valence-electron chi connectivity index (χ4n) is 1.01. The first-order valence-corrected chi connectivity index (χ1v) is 3.71. The molecule has 1 heterocycles. The van der Waals surface area contributed by atoms with Gasteiger partial charge < -0.3 is 4.90 Å². The van der Waals surface area contributed by atoms with Crippen LogP contribution in [0.1, 0.15) is 20.8 Å². The Morgan fingerprint density at radius 3 is 2.45 bits per heavy atom. The predicted octanol–water partition coefficient (Wildman–Crippen LogP) is 2.16. The number of aliphatic imine (C=N–C) groups is 1. The Kier molecular flexibility index (Phi) is 1.85. The van der Waals surface area contributed by atoms with E-state index in [4.69, 9.17) is 0 Å². The first-order valence-electron chi connectivity index (χ1n) is 3.71. The smallest absolute Gasteiger partial charge is 0.125 e. The van der Waals surface area contributed by atoms with Crippen LogP contribution in [0.15, 0.2) is 29.7 Å². The molecule has 60 valence electrons. The van der Waals surface area contributed by atoms with Crippen LogP contribution in [0.4, 0.5) is 0 Å². The van der Waals surface area contributed by atoms with Crippen LogP contribution >= 0.6 is 0 Å². The van der Waals surface area contributed by atoms with Gasteiger partial charge in [0, 0.05) is 18.0 Å². The van der Waals surface area contributed by atoms with E-state index in [-0.39, 0.29) is 5.54 Å². The minimum atomic E-state index is 0.0747. The van der Waals surface area contributed by atoms with Crippen molar-refractivity contribution >= 4 is 6.21 Å². The van der Waals surface area contributed by atoms with Crippen molar-refractivity contribution in [3.63, 3.8) is 0 Å². The Balaban J connectivity index is 2.82. The van der Waals surface area contributed by atoms with Crippen molar-refractivity contribution in [2.75, 3.05) is 0 Å². The first-order chi connectivity index (χ1) is 5.02. The van der Waals surface area contributed by atoms with Crippen LogP contribution < -0.4 is 0 Å². The van der Waals surface area contributed by atoms with E-state index in [9.17, 15) is 0 Å². The summed E-state index contributed by atoms with van der Waals surface area (Å²) in [6.07, 6.45) is 5.67. The molecule has 0 aromatic heterocycles. The zero-order valence-electron chi connectivity index (χ0n) is 7.33. The molecule has 0 saturated carbocycles. The van der Waals surface area contributed by atoms with Gasteiger partial charge >= 0.3 is 0 Å². The van der Waals surface area contributed by atoms with E-state index in [1.807, 2.05) is 17.2 Å². The molecular weight excluding hydrogens is 136 g/mol. The highest BCUT2D eigenvalue weighted by molar-refractivity contribution is 5.73. The summed E-state index contributed by atoms with van der Waals surface area (Å²) in [7, 11) is 0. The van der Waals surface area contributed by atoms with Crippen LogP contribution in [0.25, 0.3) is 0 Å². The fourth-order valence-corrected chi connectivity index (χ4v) is 1.01. The summed E-state index contributed by atoms with van der Waals surface area (Å²) in [5.41, 5.74) is 0.0747. The highest BCUT2D eigenvalue weighted by atomic mass is 15.3. The number of nitrogens with zero attached hydrogens (tertiary/aromatic N) is 2. The molecule has 2 heteroatoms. The van der Waals surface area contributed by atoms with Crippen LogP contribution in [0.2, 0.25) is 0 Å². The summed E-state index contributed by atoms with van der Waals surface area (Å²) in [4.78, 5) is 6.15. The molecule has 11 heavy (non-hydrogen) atoms. The maximum atomic E-state index is 4.10. The molecule has 1 aliphatic heterocycles. The van der Waals surface area contributed by atoms with Gasteiger partial charge in [-0.2, -0.15) is 0 Å². The number of allylic oxidation sites excluding steroid dienone is 1. The van der Waals surface area contributed by atoms with Gasteiger partial charge in [-0.05, 0) is 26.8 Å². The molecule has 2 nitrogen and oxygen atoms in total. The lowest BCUT2D eigenvalue weighted by Gasteiger charge is -2.35. The molecule has 0 amide bonds. The third kappa shape index (κ3) is 1.70. The Labute approximate surface area is 67.9 Å². The van der Waals surface area contributed by atoms with E-state index in [2.05, 4.69) is 32.3 Å². The third-order valence-corrected chi connectivity index (χ3v) is 1.55. The van der Waals surface area contributed by atoms with Gasteiger partial charge in [0.1, 0.15) is 5.82 Å². The van der Waals surface area contributed by atoms with Crippen molar-refractivity contribution in [2.45, 2.75) is 26.3 Å². The van der Waals surface area contributed by atoms with Crippen LogP contribution in [0.3, 0.4) is 0 Å². The van der Waals surface area contributed by atoms with Crippen LogP contribution in [-0.2, 0) is 0 Å². The lowest BCUT2D eigenvalue weighted by molar-refractivity contribution is 0.256. The average molecular weight is 150 g/mol. The van der Waals surface area contributed by atoms with Crippen molar-refractivity contribution in [1.29, 1.82) is 0 Å². The van der Waals surface area contributed by atoms with Gasteiger partial charge in [0.2, 0.25) is 0 Å². The summed E-state index contributed by atoms with van der Waals surface area (Å²) in [6, 6.07) is 0. The van der Waals surface area contributed by atoms with E-state index in [1.54, 1.807) is 6.21 Å². The average Bonchev–Trinajstić information content (AvgIpc) is 1.86. The Hall–Kier alpha value is -1.05. The molecule has 0 N–H and O–H groups in total. The molecule has 0 fully saturated rings. The highest BCUT2D eigenvalue weighted by Crippen LogP contribution is 2.20. The van der Waals surface area contributed by atoms with Gasteiger partial charge in [-0.1, -0.05) is 6.58 Å². The van der Waals surface area contributed by atoms with Crippen molar-refractivity contribution < 1.29 is 0 Å².